The minimum Gasteiger partial charge on any atom is -0.497 e. The molecule has 7 nitrogen and oxygen atoms in total. The first-order valence-electron chi connectivity index (χ1n) is 8.84. The van der Waals surface area contributed by atoms with Crippen molar-refractivity contribution in [2.24, 2.45) is 5.73 Å². The average molecular weight is 430 g/mol. The molecule has 3 N–H and O–H groups in total. The molecule has 1 aromatic carbocycles. The van der Waals surface area contributed by atoms with Crippen LogP contribution in [-0.2, 0) is 11.2 Å². The first kappa shape index (κ1) is 24.1. The Balaban J connectivity index is 0.00000196. The standard InChI is InChI=1S/C19H27N5O2.2ClH/c1-19(2)12-23(18(25)17(20)10-14-11-21-13-22-14)8-9-24(19)15-4-6-16(26-3)7-5-15;;/h4-7,11,13,17H,8-10,12,20H2,1-3H3,(H,21,22);2*1H/t17-;;/m0../s1. The van der Waals surface area contributed by atoms with Crippen LogP contribution < -0.4 is 15.4 Å². The normalized spacial score (nSPS) is 16.6. The number of piperazine rings is 1. The summed E-state index contributed by atoms with van der Waals surface area (Å²) >= 11 is 0. The zero-order valence-corrected chi connectivity index (χ0v) is 18.1. The van der Waals surface area contributed by atoms with E-state index in [1.54, 1.807) is 19.6 Å². The number of benzene rings is 1. The number of aromatic nitrogens is 2. The monoisotopic (exact) mass is 429 g/mol. The van der Waals surface area contributed by atoms with Gasteiger partial charge in [0, 0.05) is 43.6 Å². The fourth-order valence-electron chi connectivity index (χ4n) is 3.54. The van der Waals surface area contributed by atoms with Gasteiger partial charge in [0.15, 0.2) is 0 Å². The van der Waals surface area contributed by atoms with Crippen molar-refractivity contribution < 1.29 is 9.53 Å². The first-order valence-corrected chi connectivity index (χ1v) is 8.84. The molecule has 0 radical (unpaired) electrons. The molecule has 1 aliphatic rings. The lowest BCUT2D eigenvalue weighted by atomic mass is 9.96. The van der Waals surface area contributed by atoms with Gasteiger partial charge < -0.3 is 25.3 Å². The highest BCUT2D eigenvalue weighted by Gasteiger charge is 2.37. The molecule has 3 rings (SSSR count). The van der Waals surface area contributed by atoms with Crippen LogP contribution in [0.15, 0.2) is 36.8 Å². The highest BCUT2D eigenvalue weighted by molar-refractivity contribution is 5.85. The molecule has 2 aromatic rings. The summed E-state index contributed by atoms with van der Waals surface area (Å²) in [4.78, 5) is 24.0. The van der Waals surface area contributed by atoms with E-state index in [-0.39, 0.29) is 36.3 Å². The van der Waals surface area contributed by atoms with Crippen molar-refractivity contribution in [1.82, 2.24) is 14.9 Å². The molecule has 0 unspecified atom stereocenters. The largest absolute Gasteiger partial charge is 0.497 e. The predicted molar refractivity (Wildman–Crippen MR) is 116 cm³/mol. The number of rotatable bonds is 5. The molecule has 9 heteroatoms. The number of ether oxygens (including phenoxy) is 1. The summed E-state index contributed by atoms with van der Waals surface area (Å²) < 4.78 is 5.23. The number of nitrogens with two attached hydrogens (primary N) is 1. The Hall–Kier alpha value is -1.96. The van der Waals surface area contributed by atoms with Crippen molar-refractivity contribution in [1.29, 1.82) is 0 Å². The second kappa shape index (κ2) is 10.0. The molecular formula is C19H29Cl2N5O2. The van der Waals surface area contributed by atoms with E-state index < -0.39 is 6.04 Å². The fourth-order valence-corrected chi connectivity index (χ4v) is 3.54. The van der Waals surface area contributed by atoms with Gasteiger partial charge in [-0.15, -0.1) is 24.8 Å². The maximum Gasteiger partial charge on any atom is 0.240 e. The van der Waals surface area contributed by atoms with Gasteiger partial charge in [0.25, 0.3) is 0 Å². The number of hydrogen-bond acceptors (Lipinski definition) is 5. The lowest BCUT2D eigenvalue weighted by Gasteiger charge is -2.49. The first-order chi connectivity index (χ1) is 12.4. The number of aromatic amines is 1. The number of nitrogens with one attached hydrogen (secondary N) is 1. The number of halogens is 2. The van der Waals surface area contributed by atoms with Crippen LogP contribution in [0.25, 0.3) is 0 Å². The molecule has 0 saturated carbocycles. The maximum absolute atomic E-state index is 12.8. The summed E-state index contributed by atoms with van der Waals surface area (Å²) in [5, 5.41) is 0. The zero-order valence-electron chi connectivity index (χ0n) is 16.4. The van der Waals surface area contributed by atoms with E-state index in [9.17, 15) is 4.79 Å². The number of methoxy groups -OCH3 is 1. The number of nitrogens with zero attached hydrogens (tertiary/aromatic N) is 3. The Morgan fingerprint density at radius 2 is 1.96 bits per heavy atom. The number of H-pyrrole nitrogens is 1. The van der Waals surface area contributed by atoms with E-state index in [0.29, 0.717) is 19.5 Å². The molecule has 0 aliphatic carbocycles. The minimum atomic E-state index is -0.557. The van der Waals surface area contributed by atoms with Gasteiger partial charge in [0.2, 0.25) is 5.91 Å². The van der Waals surface area contributed by atoms with E-state index >= 15 is 0 Å². The molecular weight excluding hydrogens is 401 g/mol. The second-order valence-electron chi connectivity index (χ2n) is 7.31. The van der Waals surface area contributed by atoms with Gasteiger partial charge in [0.05, 0.1) is 25.0 Å². The molecule has 156 valence electrons. The molecule has 1 aromatic heterocycles. The Kier molecular flexibility index (Phi) is 8.60. The third-order valence-electron chi connectivity index (χ3n) is 4.91. The summed E-state index contributed by atoms with van der Waals surface area (Å²) in [6, 6.07) is 7.48. The van der Waals surface area contributed by atoms with Crippen LogP contribution in [0.1, 0.15) is 19.5 Å². The topological polar surface area (TPSA) is 87.5 Å². The Morgan fingerprint density at radius 3 is 2.50 bits per heavy atom. The van der Waals surface area contributed by atoms with Gasteiger partial charge in [-0.05, 0) is 38.1 Å². The van der Waals surface area contributed by atoms with Crippen LogP contribution in [0, 0.1) is 0 Å². The third-order valence-corrected chi connectivity index (χ3v) is 4.91. The van der Waals surface area contributed by atoms with Gasteiger partial charge in [-0.25, -0.2) is 4.98 Å². The van der Waals surface area contributed by atoms with Gasteiger partial charge in [-0.3, -0.25) is 4.79 Å². The molecule has 1 saturated heterocycles. The van der Waals surface area contributed by atoms with Crippen LogP contribution in [0.4, 0.5) is 5.69 Å². The molecule has 1 atom stereocenters. The summed E-state index contributed by atoms with van der Waals surface area (Å²) in [6.07, 6.45) is 3.78. The molecule has 0 spiro atoms. The number of carbonyl (C=O) groups is 1. The number of imidazole rings is 1. The number of amides is 1. The van der Waals surface area contributed by atoms with Crippen molar-refractivity contribution in [3.05, 3.63) is 42.5 Å². The predicted octanol–water partition coefficient (Wildman–Crippen LogP) is 2.26. The number of hydrogen-bond donors (Lipinski definition) is 2. The highest BCUT2D eigenvalue weighted by atomic mass is 35.5. The van der Waals surface area contributed by atoms with Crippen molar-refractivity contribution in [2.45, 2.75) is 31.8 Å². The summed E-state index contributed by atoms with van der Waals surface area (Å²) in [6.45, 7) is 6.36. The van der Waals surface area contributed by atoms with E-state index in [1.807, 2.05) is 17.0 Å². The minimum absolute atomic E-state index is 0. The summed E-state index contributed by atoms with van der Waals surface area (Å²) in [5.74, 6) is 0.826. The van der Waals surface area contributed by atoms with Gasteiger partial charge in [-0.1, -0.05) is 0 Å². The van der Waals surface area contributed by atoms with Crippen LogP contribution in [0.2, 0.25) is 0 Å². The van der Waals surface area contributed by atoms with E-state index in [4.69, 9.17) is 10.5 Å². The van der Waals surface area contributed by atoms with E-state index in [1.165, 1.54) is 0 Å². The summed E-state index contributed by atoms with van der Waals surface area (Å²) in [5.41, 5.74) is 7.96. The average Bonchev–Trinajstić information content (AvgIpc) is 3.13. The van der Waals surface area contributed by atoms with E-state index in [0.717, 1.165) is 23.7 Å². The van der Waals surface area contributed by atoms with Gasteiger partial charge >= 0.3 is 0 Å². The molecule has 28 heavy (non-hydrogen) atoms. The van der Waals surface area contributed by atoms with Crippen LogP contribution in [0.5, 0.6) is 5.75 Å². The van der Waals surface area contributed by atoms with Crippen molar-refractivity contribution in [2.75, 3.05) is 31.6 Å². The molecule has 0 bridgehead atoms. The van der Waals surface area contributed by atoms with Crippen LogP contribution >= 0.6 is 24.8 Å². The van der Waals surface area contributed by atoms with Crippen molar-refractivity contribution >= 4 is 36.4 Å². The molecule has 2 heterocycles. The number of carbonyl (C=O) groups excluding carboxylic acids is 1. The molecule has 1 fully saturated rings. The Morgan fingerprint density at radius 1 is 1.29 bits per heavy atom. The van der Waals surface area contributed by atoms with Crippen molar-refractivity contribution in [3.63, 3.8) is 0 Å². The van der Waals surface area contributed by atoms with Crippen LogP contribution in [0.3, 0.4) is 0 Å². The van der Waals surface area contributed by atoms with Crippen LogP contribution in [-0.4, -0.2) is 59.1 Å². The fraction of sp³-hybridized carbons (Fsp3) is 0.474. The SMILES string of the molecule is COc1ccc(N2CCN(C(=O)[C@@H](N)Cc3cnc[nH]3)CC2(C)C)cc1.Cl.Cl. The quantitative estimate of drug-likeness (QED) is 0.760. The zero-order chi connectivity index (χ0) is 18.7. The lowest BCUT2D eigenvalue weighted by molar-refractivity contribution is -0.134. The third kappa shape index (κ3) is 5.31. The van der Waals surface area contributed by atoms with Gasteiger partial charge in [-0.2, -0.15) is 0 Å². The summed E-state index contributed by atoms with van der Waals surface area (Å²) in [7, 11) is 1.66. The van der Waals surface area contributed by atoms with Crippen molar-refractivity contribution in [3.8, 4) is 5.75 Å². The lowest BCUT2D eigenvalue weighted by Crippen LogP contribution is -2.62. The second-order valence-corrected chi connectivity index (χ2v) is 7.31. The number of anilines is 1. The smallest absolute Gasteiger partial charge is 0.240 e. The van der Waals surface area contributed by atoms with Gasteiger partial charge in [0.1, 0.15) is 5.75 Å². The molecule has 1 amide bonds. The Labute approximate surface area is 178 Å². The van der Waals surface area contributed by atoms with E-state index in [2.05, 4.69) is 40.8 Å². The maximum atomic E-state index is 12.8. The Bertz CT molecular complexity index is 737. The molecule has 1 aliphatic heterocycles. The highest BCUT2D eigenvalue weighted by Crippen LogP contribution is 2.29.